The first kappa shape index (κ1) is 10.8. The Labute approximate surface area is 87.2 Å². The highest BCUT2D eigenvalue weighted by Crippen LogP contribution is 2.50. The van der Waals surface area contributed by atoms with E-state index in [0.29, 0.717) is 0 Å². The molecule has 1 aliphatic rings. The molecule has 0 bridgehead atoms. The van der Waals surface area contributed by atoms with Crippen molar-refractivity contribution in [1.82, 2.24) is 4.90 Å². The lowest BCUT2D eigenvalue weighted by atomic mass is 10.4. The Balaban J connectivity index is 2.26. The monoisotopic (exact) mass is 245 g/mol. The first-order valence-corrected chi connectivity index (χ1v) is 9.70. The van der Waals surface area contributed by atoms with Gasteiger partial charge < -0.3 is 4.90 Å². The predicted octanol–water partition coefficient (Wildman–Crippen LogP) is 3.26. The second-order valence-corrected chi connectivity index (χ2v) is 10.3. The zero-order chi connectivity index (χ0) is 8.10. The molecule has 11 heavy (non-hydrogen) atoms. The molecule has 0 aliphatic carbocycles. The highest BCUT2D eigenvalue weighted by Gasteiger charge is 2.14. The maximum Gasteiger partial charge on any atom is 0.0288 e. The summed E-state index contributed by atoms with van der Waals surface area (Å²) in [5.41, 5.74) is 0. The van der Waals surface area contributed by atoms with E-state index in [1.54, 1.807) is 0 Å². The lowest BCUT2D eigenvalue weighted by Crippen LogP contribution is -2.32. The molecular weight excluding hydrogens is 234 g/mol. The first-order valence-electron chi connectivity index (χ1n) is 3.21. The van der Waals surface area contributed by atoms with E-state index in [2.05, 4.69) is 19.0 Å². The highest BCUT2D eigenvalue weighted by molar-refractivity contribution is 9.35. The molecule has 0 aromatic carbocycles. The van der Waals surface area contributed by atoms with Gasteiger partial charge in [-0.05, 0) is 43.6 Å². The Morgan fingerprint density at radius 3 is 2.00 bits per heavy atom. The van der Waals surface area contributed by atoms with Crippen LogP contribution in [0.25, 0.3) is 0 Å². The van der Waals surface area contributed by atoms with E-state index in [1.807, 2.05) is 51.1 Å². The summed E-state index contributed by atoms with van der Waals surface area (Å²) in [7, 11) is 13.9. The summed E-state index contributed by atoms with van der Waals surface area (Å²) in [6.07, 6.45) is 0. The van der Waals surface area contributed by atoms with Crippen molar-refractivity contribution in [2.75, 3.05) is 25.6 Å². The molecule has 0 aromatic rings. The van der Waals surface area contributed by atoms with E-state index in [0.717, 1.165) is 6.04 Å². The fraction of sp³-hybridized carbons (Fsp3) is 1.00. The average molecular weight is 245 g/mol. The largest absolute Gasteiger partial charge is 0.305 e. The van der Waals surface area contributed by atoms with Crippen LogP contribution in [-0.4, -0.2) is 36.5 Å². The molecule has 1 rings (SSSR count). The molecule has 1 fully saturated rings. The molecule has 0 spiro atoms. The Bertz CT molecular complexity index is 101. The smallest absolute Gasteiger partial charge is 0.0288 e. The van der Waals surface area contributed by atoms with E-state index >= 15 is 0 Å². The van der Waals surface area contributed by atoms with Gasteiger partial charge in [0.2, 0.25) is 0 Å². The van der Waals surface area contributed by atoms with Gasteiger partial charge in [0.15, 0.2) is 0 Å². The van der Waals surface area contributed by atoms with E-state index in [1.165, 1.54) is 11.5 Å². The van der Waals surface area contributed by atoms with Crippen molar-refractivity contribution in [2.24, 2.45) is 0 Å². The minimum Gasteiger partial charge on any atom is -0.305 e. The summed E-state index contributed by atoms with van der Waals surface area (Å²) in [6, 6.07) is 0.742. The van der Waals surface area contributed by atoms with E-state index < -0.39 is 0 Å². The second kappa shape index (κ2) is 6.21. The average Bonchev–Trinajstić information content (AvgIpc) is 1.84. The Morgan fingerprint density at radius 1 is 1.00 bits per heavy atom. The van der Waals surface area contributed by atoms with Gasteiger partial charge in [-0.15, -0.1) is 0 Å². The highest BCUT2D eigenvalue weighted by atomic mass is 33.8. The fourth-order valence-electron chi connectivity index (χ4n) is 0.610. The maximum absolute atomic E-state index is 2.32. The van der Waals surface area contributed by atoms with Crippen molar-refractivity contribution >= 4 is 51.1 Å². The zero-order valence-electron chi connectivity index (χ0n) is 6.48. The van der Waals surface area contributed by atoms with Gasteiger partial charge in [0, 0.05) is 17.5 Å². The lowest BCUT2D eigenvalue weighted by Gasteiger charge is -2.23. The summed E-state index contributed by atoms with van der Waals surface area (Å²) >= 11 is 0. The summed E-state index contributed by atoms with van der Waals surface area (Å²) in [5, 5.41) is 0. The number of hydrogen-bond acceptors (Lipinski definition) is 6. The first-order chi connectivity index (χ1) is 5.30. The molecule has 66 valence electrons. The van der Waals surface area contributed by atoms with Crippen molar-refractivity contribution < 1.29 is 0 Å². The van der Waals surface area contributed by atoms with Crippen molar-refractivity contribution in [3.05, 3.63) is 0 Å². The minimum absolute atomic E-state index is 0.742. The van der Waals surface area contributed by atoms with Crippen molar-refractivity contribution in [3.8, 4) is 0 Å². The lowest BCUT2D eigenvalue weighted by molar-refractivity contribution is 0.345. The van der Waals surface area contributed by atoms with Crippen LogP contribution in [0.15, 0.2) is 0 Å². The molecule has 0 N–H and O–H groups in total. The van der Waals surface area contributed by atoms with Gasteiger partial charge in [-0.2, -0.15) is 0 Å². The molecule has 0 radical (unpaired) electrons. The third kappa shape index (κ3) is 4.47. The maximum atomic E-state index is 2.32. The quantitative estimate of drug-likeness (QED) is 0.648. The molecule has 0 amide bonds. The van der Waals surface area contributed by atoms with Crippen LogP contribution >= 0.6 is 51.1 Å². The van der Waals surface area contributed by atoms with Crippen molar-refractivity contribution in [3.63, 3.8) is 0 Å². The summed E-state index contributed by atoms with van der Waals surface area (Å²) < 4.78 is 0. The van der Waals surface area contributed by atoms with E-state index in [9.17, 15) is 0 Å². The summed E-state index contributed by atoms with van der Waals surface area (Å²) in [6.45, 7) is 0. The van der Waals surface area contributed by atoms with Crippen LogP contribution in [0.1, 0.15) is 0 Å². The molecule has 1 saturated heterocycles. The Hall–Kier alpha value is 1.71. The van der Waals surface area contributed by atoms with Gasteiger partial charge in [-0.25, -0.2) is 0 Å². The molecule has 0 saturated carbocycles. The van der Waals surface area contributed by atoms with Gasteiger partial charge in [-0.1, -0.05) is 21.6 Å². The van der Waals surface area contributed by atoms with Crippen LogP contribution in [0.5, 0.6) is 0 Å². The molecule has 1 aliphatic heterocycles. The second-order valence-electron chi connectivity index (χ2n) is 2.39. The fourth-order valence-corrected chi connectivity index (χ4v) is 10.2. The molecule has 1 nitrogen and oxygen atoms in total. The third-order valence-corrected chi connectivity index (χ3v) is 10.2. The van der Waals surface area contributed by atoms with Gasteiger partial charge in [0.1, 0.15) is 0 Å². The number of hydrogen-bond donors (Lipinski definition) is 0. The molecule has 0 aromatic heterocycles. The molecular formula is C5H11NS5. The molecule has 0 unspecified atom stereocenters. The zero-order valence-corrected chi connectivity index (χ0v) is 10.6. The number of rotatable bonds is 1. The Kier molecular flexibility index (Phi) is 6.09. The van der Waals surface area contributed by atoms with Crippen LogP contribution in [0.4, 0.5) is 0 Å². The van der Waals surface area contributed by atoms with Crippen molar-refractivity contribution in [1.29, 1.82) is 0 Å². The van der Waals surface area contributed by atoms with Crippen LogP contribution < -0.4 is 0 Å². The molecule has 6 heteroatoms. The van der Waals surface area contributed by atoms with Gasteiger partial charge >= 0.3 is 0 Å². The van der Waals surface area contributed by atoms with E-state index in [-0.39, 0.29) is 0 Å². The van der Waals surface area contributed by atoms with Gasteiger partial charge in [0.25, 0.3) is 0 Å². The molecule has 0 atom stereocenters. The van der Waals surface area contributed by atoms with E-state index in [4.69, 9.17) is 0 Å². The van der Waals surface area contributed by atoms with Crippen LogP contribution in [0, 0.1) is 0 Å². The topological polar surface area (TPSA) is 3.24 Å². The minimum atomic E-state index is 0.742. The Morgan fingerprint density at radius 2 is 1.55 bits per heavy atom. The molecule has 1 heterocycles. The summed E-state index contributed by atoms with van der Waals surface area (Å²) in [5.74, 6) is 2.50. The SMILES string of the molecule is CN(C)C1CSSSSSC1. The number of nitrogens with zero attached hydrogens (tertiary/aromatic N) is 1. The van der Waals surface area contributed by atoms with Crippen LogP contribution in [-0.2, 0) is 0 Å². The normalized spacial score (nSPS) is 23.2. The third-order valence-electron chi connectivity index (χ3n) is 1.40. The van der Waals surface area contributed by atoms with Crippen LogP contribution in [0.2, 0.25) is 0 Å². The van der Waals surface area contributed by atoms with Gasteiger partial charge in [-0.3, -0.25) is 0 Å². The van der Waals surface area contributed by atoms with Gasteiger partial charge in [0.05, 0.1) is 0 Å². The van der Waals surface area contributed by atoms with Crippen LogP contribution in [0.3, 0.4) is 0 Å². The summed E-state index contributed by atoms with van der Waals surface area (Å²) in [4.78, 5) is 2.32. The standard InChI is InChI=1S/C5H11NS5/c1-6(2)5-3-7-9-11-10-8-4-5/h5H,3-4H2,1-2H3. The predicted molar refractivity (Wildman–Crippen MR) is 65.2 cm³/mol. The van der Waals surface area contributed by atoms with Crippen molar-refractivity contribution in [2.45, 2.75) is 6.04 Å².